The highest BCUT2D eigenvalue weighted by molar-refractivity contribution is 5.80. The van der Waals surface area contributed by atoms with Crippen LogP contribution in [-0.2, 0) is 11.3 Å². The molecule has 0 spiro atoms. The lowest BCUT2D eigenvalue weighted by Crippen LogP contribution is -2.26. The van der Waals surface area contributed by atoms with Crippen LogP contribution in [0.2, 0.25) is 0 Å². The van der Waals surface area contributed by atoms with Crippen LogP contribution < -0.4 is 10.1 Å². The summed E-state index contributed by atoms with van der Waals surface area (Å²) >= 11 is 0. The van der Waals surface area contributed by atoms with Crippen LogP contribution in [0, 0.1) is 0 Å². The number of carbonyl (C=O) groups excluding carboxylic acids is 1. The van der Waals surface area contributed by atoms with Gasteiger partial charge >= 0.3 is 6.09 Å². The molecule has 1 aromatic heterocycles. The van der Waals surface area contributed by atoms with Crippen molar-refractivity contribution >= 4 is 17.0 Å². The molecule has 0 bridgehead atoms. The average molecular weight is 324 g/mol. The molecule has 3 aromatic rings. The number of alkyl carbamates (subject to hydrolysis) is 1. The minimum absolute atomic E-state index is 0.277. The predicted octanol–water partition coefficient (Wildman–Crippen LogP) is 3.86. The van der Waals surface area contributed by atoms with Gasteiger partial charge in [-0.25, -0.2) is 4.79 Å². The zero-order chi connectivity index (χ0) is 16.6. The second kappa shape index (κ2) is 8.06. The summed E-state index contributed by atoms with van der Waals surface area (Å²) in [5, 5.41) is 3.87. The Morgan fingerprint density at radius 1 is 1.08 bits per heavy atom. The monoisotopic (exact) mass is 324 g/mol. The summed E-state index contributed by atoms with van der Waals surface area (Å²) < 4.78 is 10.8. The summed E-state index contributed by atoms with van der Waals surface area (Å²) in [4.78, 5) is 14.7. The summed E-state index contributed by atoms with van der Waals surface area (Å²) in [5.41, 5.74) is 2.02. The molecule has 0 atom stereocenters. The van der Waals surface area contributed by atoms with Crippen molar-refractivity contribution in [3.63, 3.8) is 0 Å². The standard InChI is InChI=1S/C19H20N2O3/c22-19(24-14-15-5-2-1-3-6-15)21-10-4-12-23-17-8-7-16-9-11-20-18(16)13-17/h1-3,5-9,11,13,20H,4,10,12,14H2,(H,21,22). The molecule has 0 radical (unpaired) electrons. The first-order valence-corrected chi connectivity index (χ1v) is 7.96. The fourth-order valence-corrected chi connectivity index (χ4v) is 2.34. The summed E-state index contributed by atoms with van der Waals surface area (Å²) in [6.07, 6.45) is 2.20. The van der Waals surface area contributed by atoms with Gasteiger partial charge in [0.1, 0.15) is 12.4 Å². The second-order valence-corrected chi connectivity index (χ2v) is 5.42. The highest BCUT2D eigenvalue weighted by Crippen LogP contribution is 2.19. The highest BCUT2D eigenvalue weighted by Gasteiger charge is 2.02. The lowest BCUT2D eigenvalue weighted by Gasteiger charge is -2.08. The van der Waals surface area contributed by atoms with Crippen molar-refractivity contribution in [1.29, 1.82) is 0 Å². The Kier molecular flexibility index (Phi) is 5.35. The molecule has 0 aliphatic rings. The van der Waals surface area contributed by atoms with Gasteiger partial charge in [-0.05, 0) is 35.6 Å². The molecular weight excluding hydrogens is 304 g/mol. The molecule has 0 unspecified atom stereocenters. The first-order chi connectivity index (χ1) is 11.8. The minimum atomic E-state index is -0.411. The van der Waals surface area contributed by atoms with Crippen LogP contribution in [0.25, 0.3) is 10.9 Å². The Balaban J connectivity index is 1.31. The number of benzene rings is 2. The third-order valence-electron chi connectivity index (χ3n) is 3.60. The molecule has 1 heterocycles. The van der Waals surface area contributed by atoms with Crippen molar-refractivity contribution in [2.75, 3.05) is 13.2 Å². The average Bonchev–Trinajstić information content (AvgIpc) is 3.08. The smallest absolute Gasteiger partial charge is 0.407 e. The molecule has 0 aliphatic carbocycles. The molecule has 1 amide bonds. The van der Waals surface area contributed by atoms with E-state index in [9.17, 15) is 4.79 Å². The highest BCUT2D eigenvalue weighted by atomic mass is 16.5. The van der Waals surface area contributed by atoms with Crippen LogP contribution >= 0.6 is 0 Å². The van der Waals surface area contributed by atoms with Gasteiger partial charge in [0, 0.05) is 24.3 Å². The summed E-state index contributed by atoms with van der Waals surface area (Å²) in [7, 11) is 0. The van der Waals surface area contributed by atoms with Crippen LogP contribution in [0.4, 0.5) is 4.79 Å². The third-order valence-corrected chi connectivity index (χ3v) is 3.60. The molecular formula is C19H20N2O3. The van der Waals surface area contributed by atoms with E-state index in [2.05, 4.69) is 10.3 Å². The van der Waals surface area contributed by atoms with E-state index in [0.717, 1.165) is 22.2 Å². The normalized spacial score (nSPS) is 10.5. The van der Waals surface area contributed by atoms with Gasteiger partial charge in [0.05, 0.1) is 6.61 Å². The van der Waals surface area contributed by atoms with Crippen molar-refractivity contribution in [3.8, 4) is 5.75 Å². The van der Waals surface area contributed by atoms with E-state index in [-0.39, 0.29) is 6.61 Å². The van der Waals surface area contributed by atoms with Gasteiger partial charge in [-0.15, -0.1) is 0 Å². The van der Waals surface area contributed by atoms with Crippen LogP contribution in [0.5, 0.6) is 5.75 Å². The largest absolute Gasteiger partial charge is 0.493 e. The molecule has 5 nitrogen and oxygen atoms in total. The predicted molar refractivity (Wildman–Crippen MR) is 93.0 cm³/mol. The van der Waals surface area contributed by atoms with Crippen molar-refractivity contribution in [2.24, 2.45) is 0 Å². The van der Waals surface area contributed by atoms with E-state index in [4.69, 9.17) is 9.47 Å². The van der Waals surface area contributed by atoms with Gasteiger partial charge in [-0.2, -0.15) is 0 Å². The Bertz CT molecular complexity index is 783. The number of fused-ring (bicyclic) bond motifs is 1. The van der Waals surface area contributed by atoms with Gasteiger partial charge < -0.3 is 19.8 Å². The van der Waals surface area contributed by atoms with E-state index >= 15 is 0 Å². The number of hydrogen-bond acceptors (Lipinski definition) is 3. The number of nitrogens with one attached hydrogen (secondary N) is 2. The molecule has 5 heteroatoms. The van der Waals surface area contributed by atoms with E-state index in [1.807, 2.05) is 60.8 Å². The van der Waals surface area contributed by atoms with Crippen LogP contribution in [0.1, 0.15) is 12.0 Å². The second-order valence-electron chi connectivity index (χ2n) is 5.42. The third kappa shape index (κ3) is 4.52. The van der Waals surface area contributed by atoms with Gasteiger partial charge in [0.15, 0.2) is 0 Å². The molecule has 124 valence electrons. The van der Waals surface area contributed by atoms with E-state index in [0.29, 0.717) is 19.6 Å². The Hall–Kier alpha value is -2.95. The van der Waals surface area contributed by atoms with E-state index < -0.39 is 6.09 Å². The van der Waals surface area contributed by atoms with E-state index in [1.165, 1.54) is 0 Å². The van der Waals surface area contributed by atoms with Gasteiger partial charge in [0.25, 0.3) is 0 Å². The quantitative estimate of drug-likeness (QED) is 0.649. The maximum absolute atomic E-state index is 11.6. The lowest BCUT2D eigenvalue weighted by molar-refractivity contribution is 0.139. The van der Waals surface area contributed by atoms with Crippen molar-refractivity contribution in [3.05, 3.63) is 66.4 Å². The number of hydrogen-bond donors (Lipinski definition) is 2. The van der Waals surface area contributed by atoms with Crippen LogP contribution in [-0.4, -0.2) is 24.2 Å². The van der Waals surface area contributed by atoms with Crippen molar-refractivity contribution in [1.82, 2.24) is 10.3 Å². The first kappa shape index (κ1) is 15.9. The zero-order valence-electron chi connectivity index (χ0n) is 13.3. The number of aromatic nitrogens is 1. The summed E-state index contributed by atoms with van der Waals surface area (Å²) in [5.74, 6) is 0.816. The molecule has 2 N–H and O–H groups in total. The lowest BCUT2D eigenvalue weighted by atomic mass is 10.2. The zero-order valence-corrected chi connectivity index (χ0v) is 13.3. The fourth-order valence-electron chi connectivity index (χ4n) is 2.34. The number of amides is 1. The Labute approximate surface area is 140 Å². The Morgan fingerprint density at radius 3 is 2.83 bits per heavy atom. The molecule has 0 saturated heterocycles. The fraction of sp³-hybridized carbons (Fsp3) is 0.211. The summed E-state index contributed by atoms with van der Waals surface area (Å²) in [6, 6.07) is 17.5. The Morgan fingerprint density at radius 2 is 1.96 bits per heavy atom. The molecule has 3 rings (SSSR count). The number of aromatic amines is 1. The number of rotatable bonds is 7. The van der Waals surface area contributed by atoms with Gasteiger partial charge in [0.2, 0.25) is 0 Å². The first-order valence-electron chi connectivity index (χ1n) is 7.96. The molecule has 2 aromatic carbocycles. The van der Waals surface area contributed by atoms with Crippen LogP contribution in [0.15, 0.2) is 60.8 Å². The van der Waals surface area contributed by atoms with Crippen molar-refractivity contribution < 1.29 is 14.3 Å². The maximum Gasteiger partial charge on any atom is 0.407 e. The van der Waals surface area contributed by atoms with E-state index in [1.54, 1.807) is 0 Å². The molecule has 24 heavy (non-hydrogen) atoms. The molecule has 0 fully saturated rings. The summed E-state index contributed by atoms with van der Waals surface area (Å²) in [6.45, 7) is 1.32. The van der Waals surface area contributed by atoms with Crippen LogP contribution in [0.3, 0.4) is 0 Å². The van der Waals surface area contributed by atoms with Gasteiger partial charge in [-0.1, -0.05) is 30.3 Å². The van der Waals surface area contributed by atoms with Gasteiger partial charge in [-0.3, -0.25) is 0 Å². The van der Waals surface area contributed by atoms with Crippen molar-refractivity contribution in [2.45, 2.75) is 13.0 Å². The molecule has 0 aliphatic heterocycles. The SMILES string of the molecule is O=C(NCCCOc1ccc2cc[nH]c2c1)OCc1ccccc1. The molecule has 0 saturated carbocycles. The number of H-pyrrole nitrogens is 1. The maximum atomic E-state index is 11.6. The number of carbonyl (C=O) groups is 1. The number of ether oxygens (including phenoxy) is 2. The minimum Gasteiger partial charge on any atom is -0.493 e. The topological polar surface area (TPSA) is 63.3 Å².